The number of nitrogens with one attached hydrogen (secondary N) is 1. The molecule has 0 aromatic carbocycles. The Bertz CT molecular complexity index is 386. The SMILES string of the molecule is ON=C1C[C@H]2CCC[C@@H](C1)[NH+]2Cc1cccs1. The number of hydrogen-bond acceptors (Lipinski definition) is 3. The summed E-state index contributed by atoms with van der Waals surface area (Å²) in [6.45, 7) is 1.16. The summed E-state index contributed by atoms with van der Waals surface area (Å²) in [6.07, 6.45) is 5.91. The van der Waals surface area contributed by atoms with Crippen LogP contribution in [-0.4, -0.2) is 23.0 Å². The standard InChI is InChI=1S/C13H18N2OS/c16-14-10-7-11-3-1-4-12(8-10)15(11)9-13-5-2-6-17-13/h2,5-6,11-12,16H,1,3-4,7-9H2/p+1/t11-,12+. The minimum atomic E-state index is 0.676. The number of piperidine rings is 2. The van der Waals surface area contributed by atoms with Gasteiger partial charge in [0.2, 0.25) is 0 Å². The molecule has 2 bridgehead atoms. The molecule has 2 aliphatic heterocycles. The van der Waals surface area contributed by atoms with E-state index in [9.17, 15) is 0 Å². The first kappa shape index (κ1) is 11.2. The van der Waals surface area contributed by atoms with E-state index in [1.54, 1.807) is 4.90 Å². The predicted molar refractivity (Wildman–Crippen MR) is 68.9 cm³/mol. The lowest BCUT2D eigenvalue weighted by Crippen LogP contribution is -3.20. The average Bonchev–Trinajstić information content (AvgIpc) is 2.81. The van der Waals surface area contributed by atoms with Crippen molar-refractivity contribution in [2.45, 2.75) is 50.7 Å². The molecule has 0 amide bonds. The van der Waals surface area contributed by atoms with Gasteiger partial charge in [-0.15, -0.1) is 11.3 Å². The third-order valence-electron chi connectivity index (χ3n) is 4.22. The molecule has 3 rings (SSSR count). The molecule has 0 aliphatic carbocycles. The number of quaternary nitrogens is 1. The number of rotatable bonds is 2. The molecule has 0 spiro atoms. The fourth-order valence-electron chi connectivity index (χ4n) is 3.42. The van der Waals surface area contributed by atoms with E-state index < -0.39 is 0 Å². The molecule has 3 heterocycles. The van der Waals surface area contributed by atoms with Gasteiger partial charge in [0.15, 0.2) is 0 Å². The van der Waals surface area contributed by atoms with Crippen molar-refractivity contribution in [1.82, 2.24) is 0 Å². The van der Waals surface area contributed by atoms with E-state index in [0.29, 0.717) is 12.1 Å². The second-order valence-electron chi connectivity index (χ2n) is 5.23. The number of nitrogens with zero attached hydrogens (tertiary/aromatic N) is 1. The minimum absolute atomic E-state index is 0.676. The molecule has 3 nitrogen and oxygen atoms in total. The Morgan fingerprint density at radius 2 is 2.12 bits per heavy atom. The second kappa shape index (κ2) is 4.78. The van der Waals surface area contributed by atoms with Gasteiger partial charge in [-0.2, -0.15) is 0 Å². The molecular formula is C13H19N2OS+. The van der Waals surface area contributed by atoms with Crippen LogP contribution in [0, 0.1) is 0 Å². The smallest absolute Gasteiger partial charge is 0.113 e. The zero-order valence-corrected chi connectivity index (χ0v) is 10.7. The molecular weight excluding hydrogens is 232 g/mol. The van der Waals surface area contributed by atoms with Crippen molar-refractivity contribution in [2.75, 3.05) is 0 Å². The highest BCUT2D eigenvalue weighted by Crippen LogP contribution is 2.21. The third kappa shape index (κ3) is 2.24. The molecule has 2 N–H and O–H groups in total. The molecule has 4 heteroatoms. The van der Waals surface area contributed by atoms with Crippen LogP contribution in [0.25, 0.3) is 0 Å². The summed E-state index contributed by atoms with van der Waals surface area (Å²) in [5.41, 5.74) is 1.02. The molecule has 1 aromatic heterocycles. The van der Waals surface area contributed by atoms with Crippen molar-refractivity contribution in [3.05, 3.63) is 22.4 Å². The van der Waals surface area contributed by atoms with Gasteiger partial charge in [-0.3, -0.25) is 0 Å². The van der Waals surface area contributed by atoms with Crippen LogP contribution in [0.2, 0.25) is 0 Å². The summed E-state index contributed by atoms with van der Waals surface area (Å²) in [6, 6.07) is 5.73. The topological polar surface area (TPSA) is 37.0 Å². The van der Waals surface area contributed by atoms with Crippen LogP contribution < -0.4 is 4.90 Å². The number of hydrogen-bond donors (Lipinski definition) is 2. The lowest BCUT2D eigenvalue weighted by atomic mass is 9.83. The Morgan fingerprint density at radius 1 is 1.35 bits per heavy atom. The molecule has 0 radical (unpaired) electrons. The fraction of sp³-hybridized carbons (Fsp3) is 0.615. The van der Waals surface area contributed by atoms with Gasteiger partial charge < -0.3 is 10.1 Å². The van der Waals surface area contributed by atoms with Crippen LogP contribution in [-0.2, 0) is 6.54 Å². The normalized spacial score (nSPS) is 35.1. The fourth-order valence-corrected chi connectivity index (χ4v) is 4.16. The van der Waals surface area contributed by atoms with Crippen molar-refractivity contribution in [3.63, 3.8) is 0 Å². The van der Waals surface area contributed by atoms with E-state index in [-0.39, 0.29) is 0 Å². The quantitative estimate of drug-likeness (QED) is 0.609. The lowest BCUT2D eigenvalue weighted by molar-refractivity contribution is -0.969. The zero-order chi connectivity index (χ0) is 11.7. The molecule has 17 heavy (non-hydrogen) atoms. The van der Waals surface area contributed by atoms with E-state index in [1.165, 1.54) is 24.1 Å². The molecule has 92 valence electrons. The van der Waals surface area contributed by atoms with Gasteiger partial charge in [0.1, 0.15) is 6.54 Å². The van der Waals surface area contributed by atoms with Crippen LogP contribution in [0.15, 0.2) is 22.7 Å². The molecule has 2 saturated heterocycles. The Kier molecular flexibility index (Phi) is 3.16. The molecule has 0 saturated carbocycles. The molecule has 2 aliphatic rings. The molecule has 1 unspecified atom stereocenters. The first-order valence-corrected chi connectivity index (χ1v) is 7.32. The number of fused-ring (bicyclic) bond motifs is 2. The zero-order valence-electron chi connectivity index (χ0n) is 9.93. The monoisotopic (exact) mass is 251 g/mol. The maximum Gasteiger partial charge on any atom is 0.113 e. The van der Waals surface area contributed by atoms with Gasteiger partial charge in [-0.1, -0.05) is 11.2 Å². The maximum absolute atomic E-state index is 8.97. The largest absolute Gasteiger partial charge is 0.411 e. The van der Waals surface area contributed by atoms with Crippen molar-refractivity contribution < 1.29 is 10.1 Å². The summed E-state index contributed by atoms with van der Waals surface area (Å²) in [5, 5.41) is 14.6. The predicted octanol–water partition coefficient (Wildman–Crippen LogP) is 1.68. The van der Waals surface area contributed by atoms with Gasteiger partial charge in [0, 0.05) is 25.7 Å². The van der Waals surface area contributed by atoms with Crippen LogP contribution in [0.3, 0.4) is 0 Å². The van der Waals surface area contributed by atoms with Gasteiger partial charge in [-0.25, -0.2) is 0 Å². The highest BCUT2D eigenvalue weighted by molar-refractivity contribution is 7.09. The lowest BCUT2D eigenvalue weighted by Gasteiger charge is -2.42. The van der Waals surface area contributed by atoms with Crippen LogP contribution in [0.5, 0.6) is 0 Å². The highest BCUT2D eigenvalue weighted by Gasteiger charge is 2.40. The van der Waals surface area contributed by atoms with E-state index in [2.05, 4.69) is 22.7 Å². The van der Waals surface area contributed by atoms with E-state index in [0.717, 1.165) is 25.1 Å². The third-order valence-corrected chi connectivity index (χ3v) is 5.09. The Balaban J connectivity index is 1.76. The van der Waals surface area contributed by atoms with Crippen LogP contribution in [0.4, 0.5) is 0 Å². The summed E-state index contributed by atoms with van der Waals surface area (Å²) in [7, 11) is 0. The van der Waals surface area contributed by atoms with Crippen LogP contribution in [0.1, 0.15) is 37.0 Å². The van der Waals surface area contributed by atoms with Crippen molar-refractivity contribution in [2.24, 2.45) is 5.16 Å². The van der Waals surface area contributed by atoms with Gasteiger partial charge in [-0.05, 0) is 17.9 Å². The summed E-state index contributed by atoms with van der Waals surface area (Å²) in [5.74, 6) is 0. The van der Waals surface area contributed by atoms with Gasteiger partial charge in [0.25, 0.3) is 0 Å². The van der Waals surface area contributed by atoms with Gasteiger partial charge in [0.05, 0.1) is 22.7 Å². The van der Waals surface area contributed by atoms with Gasteiger partial charge >= 0.3 is 0 Å². The van der Waals surface area contributed by atoms with E-state index in [1.807, 2.05) is 11.3 Å². The van der Waals surface area contributed by atoms with Crippen LogP contribution >= 0.6 is 11.3 Å². The Morgan fingerprint density at radius 3 is 2.71 bits per heavy atom. The van der Waals surface area contributed by atoms with E-state index in [4.69, 9.17) is 5.21 Å². The first-order chi connectivity index (χ1) is 8.36. The molecule has 1 aromatic rings. The first-order valence-electron chi connectivity index (χ1n) is 6.44. The van der Waals surface area contributed by atoms with E-state index >= 15 is 0 Å². The highest BCUT2D eigenvalue weighted by atomic mass is 32.1. The molecule has 2 fully saturated rings. The number of thiophene rings is 1. The second-order valence-corrected chi connectivity index (χ2v) is 6.26. The van der Waals surface area contributed by atoms with Crippen molar-refractivity contribution >= 4 is 17.0 Å². The number of oxime groups is 1. The Hall–Kier alpha value is -0.870. The average molecular weight is 251 g/mol. The maximum atomic E-state index is 8.97. The van der Waals surface area contributed by atoms with Crippen molar-refractivity contribution in [1.29, 1.82) is 0 Å². The summed E-state index contributed by atoms with van der Waals surface area (Å²) < 4.78 is 0. The minimum Gasteiger partial charge on any atom is -0.411 e. The summed E-state index contributed by atoms with van der Waals surface area (Å²) in [4.78, 5) is 3.22. The molecule has 3 atom stereocenters. The summed E-state index contributed by atoms with van der Waals surface area (Å²) >= 11 is 1.86. The Labute approximate surface area is 106 Å². The van der Waals surface area contributed by atoms with Crippen molar-refractivity contribution in [3.8, 4) is 0 Å².